The van der Waals surface area contributed by atoms with Gasteiger partial charge in [0.25, 0.3) is 5.91 Å². The van der Waals surface area contributed by atoms with Crippen LogP contribution in [0.15, 0.2) is 36.4 Å². The lowest BCUT2D eigenvalue weighted by Crippen LogP contribution is -2.15. The first-order valence-electron chi connectivity index (χ1n) is 7.84. The summed E-state index contributed by atoms with van der Waals surface area (Å²) in [6, 6.07) is 11.1. The quantitative estimate of drug-likeness (QED) is 0.862. The summed E-state index contributed by atoms with van der Waals surface area (Å²) < 4.78 is 11.1. The van der Waals surface area contributed by atoms with Crippen molar-refractivity contribution in [3.05, 3.63) is 53.1 Å². The fraction of sp³-hybridized carbons (Fsp3) is 0.316. The van der Waals surface area contributed by atoms with Crippen molar-refractivity contribution in [2.24, 2.45) is 0 Å². The van der Waals surface area contributed by atoms with E-state index < -0.39 is 0 Å². The molecule has 2 aromatic rings. The lowest BCUT2D eigenvalue weighted by Gasteiger charge is -2.14. The van der Waals surface area contributed by atoms with E-state index in [1.165, 1.54) is 0 Å². The summed E-state index contributed by atoms with van der Waals surface area (Å²) in [6.45, 7) is 8.88. The van der Waals surface area contributed by atoms with Crippen LogP contribution in [0, 0.1) is 13.8 Å². The molecule has 122 valence electrons. The summed E-state index contributed by atoms with van der Waals surface area (Å²) >= 11 is 0. The Hall–Kier alpha value is -2.49. The van der Waals surface area contributed by atoms with E-state index in [2.05, 4.69) is 5.32 Å². The fourth-order valence-corrected chi connectivity index (χ4v) is 2.30. The molecule has 0 atom stereocenters. The molecule has 4 nitrogen and oxygen atoms in total. The third-order valence-electron chi connectivity index (χ3n) is 3.66. The van der Waals surface area contributed by atoms with E-state index >= 15 is 0 Å². The smallest absolute Gasteiger partial charge is 0.259 e. The molecule has 0 bridgehead atoms. The maximum atomic E-state index is 12.6. The number of aryl methyl sites for hydroxylation is 1. The fourth-order valence-electron chi connectivity index (χ4n) is 2.30. The van der Waals surface area contributed by atoms with Gasteiger partial charge < -0.3 is 14.8 Å². The van der Waals surface area contributed by atoms with Crippen molar-refractivity contribution in [3.63, 3.8) is 0 Å². The summed E-state index contributed by atoms with van der Waals surface area (Å²) in [7, 11) is 0. The summed E-state index contributed by atoms with van der Waals surface area (Å²) in [5.74, 6) is 1.03. The first kappa shape index (κ1) is 16.9. The monoisotopic (exact) mass is 313 g/mol. The van der Waals surface area contributed by atoms with Crippen LogP contribution in [0.4, 0.5) is 5.69 Å². The van der Waals surface area contributed by atoms with E-state index in [9.17, 15) is 4.79 Å². The normalized spacial score (nSPS) is 10.3. The molecule has 0 aliphatic rings. The predicted octanol–water partition coefficient (Wildman–Crippen LogP) is 4.35. The zero-order valence-electron chi connectivity index (χ0n) is 14.1. The Bertz CT molecular complexity index is 695. The van der Waals surface area contributed by atoms with Crippen LogP contribution in [0.5, 0.6) is 11.5 Å². The SMILES string of the molecule is CCOc1ccc(C(=O)Nc2cccc(C)c2C)c(OCC)c1. The van der Waals surface area contributed by atoms with Crippen molar-refractivity contribution in [2.45, 2.75) is 27.7 Å². The first-order chi connectivity index (χ1) is 11.1. The molecular formula is C19H23NO3. The summed E-state index contributed by atoms with van der Waals surface area (Å²) in [6.07, 6.45) is 0. The third-order valence-corrected chi connectivity index (χ3v) is 3.66. The predicted molar refractivity (Wildman–Crippen MR) is 92.6 cm³/mol. The molecular weight excluding hydrogens is 290 g/mol. The van der Waals surface area contributed by atoms with Crippen LogP contribution in [-0.2, 0) is 0 Å². The number of ether oxygens (including phenoxy) is 2. The van der Waals surface area contributed by atoms with Gasteiger partial charge in [-0.1, -0.05) is 12.1 Å². The van der Waals surface area contributed by atoms with Crippen molar-refractivity contribution in [3.8, 4) is 11.5 Å². The lowest BCUT2D eigenvalue weighted by atomic mass is 10.1. The molecule has 4 heteroatoms. The number of hydrogen-bond donors (Lipinski definition) is 1. The van der Waals surface area contributed by atoms with Crippen molar-refractivity contribution < 1.29 is 14.3 Å². The first-order valence-corrected chi connectivity index (χ1v) is 7.84. The molecule has 0 unspecified atom stereocenters. The second-order valence-electron chi connectivity index (χ2n) is 5.23. The van der Waals surface area contributed by atoms with E-state index in [0.717, 1.165) is 16.8 Å². The van der Waals surface area contributed by atoms with E-state index in [-0.39, 0.29) is 5.91 Å². The van der Waals surface area contributed by atoms with Gasteiger partial charge in [-0.2, -0.15) is 0 Å². The van der Waals surface area contributed by atoms with Gasteiger partial charge >= 0.3 is 0 Å². The van der Waals surface area contributed by atoms with Crippen molar-refractivity contribution >= 4 is 11.6 Å². The second kappa shape index (κ2) is 7.68. The Kier molecular flexibility index (Phi) is 5.63. The molecule has 0 aromatic heterocycles. The highest BCUT2D eigenvalue weighted by Crippen LogP contribution is 2.27. The van der Waals surface area contributed by atoms with Gasteiger partial charge in [0.15, 0.2) is 0 Å². The van der Waals surface area contributed by atoms with Crippen LogP contribution in [0.25, 0.3) is 0 Å². The van der Waals surface area contributed by atoms with Crippen LogP contribution in [0.3, 0.4) is 0 Å². The molecule has 0 radical (unpaired) electrons. The Balaban J connectivity index is 2.29. The molecule has 0 saturated carbocycles. The van der Waals surface area contributed by atoms with Gasteiger partial charge in [-0.05, 0) is 57.0 Å². The van der Waals surface area contributed by atoms with Gasteiger partial charge in [0.05, 0.1) is 18.8 Å². The zero-order chi connectivity index (χ0) is 16.8. The average molecular weight is 313 g/mol. The van der Waals surface area contributed by atoms with Gasteiger partial charge in [0, 0.05) is 11.8 Å². The highest BCUT2D eigenvalue weighted by molar-refractivity contribution is 6.06. The van der Waals surface area contributed by atoms with Crippen molar-refractivity contribution in [1.82, 2.24) is 0 Å². The van der Waals surface area contributed by atoms with Crippen molar-refractivity contribution in [2.75, 3.05) is 18.5 Å². The maximum absolute atomic E-state index is 12.6. The summed E-state index contributed by atoms with van der Waals surface area (Å²) in [5.41, 5.74) is 3.51. The Morgan fingerprint density at radius 1 is 1.04 bits per heavy atom. The topological polar surface area (TPSA) is 47.6 Å². The number of benzene rings is 2. The number of nitrogens with one attached hydrogen (secondary N) is 1. The molecule has 0 heterocycles. The molecule has 0 fully saturated rings. The van der Waals surface area contributed by atoms with Gasteiger partial charge in [-0.3, -0.25) is 4.79 Å². The standard InChI is InChI=1S/C19H23NO3/c1-5-22-15-10-11-16(18(12-15)23-6-2)19(21)20-17-9-7-8-13(3)14(17)4/h7-12H,5-6H2,1-4H3,(H,20,21). The number of carbonyl (C=O) groups excluding carboxylic acids is 1. The largest absolute Gasteiger partial charge is 0.494 e. The average Bonchev–Trinajstić information content (AvgIpc) is 2.53. The molecule has 0 saturated heterocycles. The van der Waals surface area contributed by atoms with Gasteiger partial charge in [-0.25, -0.2) is 0 Å². The molecule has 23 heavy (non-hydrogen) atoms. The minimum Gasteiger partial charge on any atom is -0.494 e. The highest BCUT2D eigenvalue weighted by Gasteiger charge is 2.15. The highest BCUT2D eigenvalue weighted by atomic mass is 16.5. The van der Waals surface area contributed by atoms with Crippen LogP contribution in [-0.4, -0.2) is 19.1 Å². The minimum absolute atomic E-state index is 0.190. The van der Waals surface area contributed by atoms with Crippen LogP contribution in [0.1, 0.15) is 35.3 Å². The van der Waals surface area contributed by atoms with E-state index in [0.29, 0.717) is 30.3 Å². The van der Waals surface area contributed by atoms with Crippen molar-refractivity contribution in [1.29, 1.82) is 0 Å². The van der Waals surface area contributed by atoms with Crippen LogP contribution >= 0.6 is 0 Å². The molecule has 0 spiro atoms. The maximum Gasteiger partial charge on any atom is 0.259 e. The molecule has 1 amide bonds. The van der Waals surface area contributed by atoms with E-state index in [1.54, 1.807) is 18.2 Å². The van der Waals surface area contributed by atoms with E-state index in [4.69, 9.17) is 9.47 Å². The molecule has 0 aliphatic carbocycles. The third kappa shape index (κ3) is 4.03. The Morgan fingerprint density at radius 2 is 1.78 bits per heavy atom. The number of amides is 1. The van der Waals surface area contributed by atoms with Crippen LogP contribution in [0.2, 0.25) is 0 Å². The van der Waals surface area contributed by atoms with Crippen LogP contribution < -0.4 is 14.8 Å². The second-order valence-corrected chi connectivity index (χ2v) is 5.23. The Labute approximate surface area is 137 Å². The van der Waals surface area contributed by atoms with Gasteiger partial charge in [0.1, 0.15) is 11.5 Å². The summed E-state index contributed by atoms with van der Waals surface area (Å²) in [4.78, 5) is 12.6. The Morgan fingerprint density at radius 3 is 2.48 bits per heavy atom. The molecule has 0 aliphatic heterocycles. The molecule has 2 aromatic carbocycles. The van der Waals surface area contributed by atoms with Gasteiger partial charge in [0.2, 0.25) is 0 Å². The summed E-state index contributed by atoms with van der Waals surface area (Å²) in [5, 5.41) is 2.96. The number of rotatable bonds is 6. The lowest BCUT2D eigenvalue weighted by molar-refractivity contribution is 0.102. The minimum atomic E-state index is -0.190. The van der Waals surface area contributed by atoms with Gasteiger partial charge in [-0.15, -0.1) is 0 Å². The van der Waals surface area contributed by atoms with E-state index in [1.807, 2.05) is 45.9 Å². The molecule has 2 rings (SSSR count). The number of carbonyl (C=O) groups is 1. The zero-order valence-corrected chi connectivity index (χ0v) is 14.1. The number of anilines is 1. The number of hydrogen-bond acceptors (Lipinski definition) is 3. The molecule has 1 N–H and O–H groups in total.